The quantitative estimate of drug-likeness (QED) is 0.552. The summed E-state index contributed by atoms with van der Waals surface area (Å²) < 4.78 is 11.3. The number of morpholine rings is 1. The highest BCUT2D eigenvalue weighted by atomic mass is 16.5. The Labute approximate surface area is 173 Å². The van der Waals surface area contributed by atoms with E-state index in [9.17, 15) is 0 Å². The van der Waals surface area contributed by atoms with Gasteiger partial charge in [-0.3, -0.25) is 4.90 Å². The summed E-state index contributed by atoms with van der Waals surface area (Å²) in [5.74, 6) is 1.24. The first-order chi connectivity index (χ1) is 14.0. The standard InChI is InChI=1S/C23H32N4O2/c1-17(2)29-22-9-7-21(8-10-22)26-23(24)25-14-19-5-4-6-20(13-19)16-27-11-12-28-18(3)15-27/h4-10,13,17-18H,11-12,14-16H2,1-3H3,(H3,24,25,26). The third kappa shape index (κ3) is 7.07. The molecule has 156 valence electrons. The lowest BCUT2D eigenvalue weighted by molar-refractivity contribution is -0.0212. The van der Waals surface area contributed by atoms with Crippen molar-refractivity contribution in [2.24, 2.45) is 10.7 Å². The molecule has 1 fully saturated rings. The molecule has 6 nitrogen and oxygen atoms in total. The second-order valence-electron chi connectivity index (χ2n) is 7.75. The van der Waals surface area contributed by atoms with Gasteiger partial charge < -0.3 is 20.5 Å². The lowest BCUT2D eigenvalue weighted by Crippen LogP contribution is -2.40. The van der Waals surface area contributed by atoms with E-state index >= 15 is 0 Å². The Hall–Kier alpha value is -2.57. The van der Waals surface area contributed by atoms with Crippen molar-refractivity contribution < 1.29 is 9.47 Å². The fourth-order valence-corrected chi connectivity index (χ4v) is 3.37. The maximum Gasteiger partial charge on any atom is 0.193 e. The van der Waals surface area contributed by atoms with E-state index in [1.807, 2.05) is 38.1 Å². The number of hydrogen-bond donors (Lipinski definition) is 2. The van der Waals surface area contributed by atoms with E-state index in [2.05, 4.69) is 46.4 Å². The zero-order valence-corrected chi connectivity index (χ0v) is 17.6. The van der Waals surface area contributed by atoms with Crippen molar-refractivity contribution in [1.29, 1.82) is 0 Å². The van der Waals surface area contributed by atoms with Crippen molar-refractivity contribution >= 4 is 11.6 Å². The Bertz CT molecular complexity index is 805. The lowest BCUT2D eigenvalue weighted by Gasteiger charge is -2.31. The zero-order chi connectivity index (χ0) is 20.6. The molecule has 1 saturated heterocycles. The number of nitrogens with two attached hydrogens (primary N) is 1. The third-order valence-electron chi connectivity index (χ3n) is 4.65. The number of hydrogen-bond acceptors (Lipinski definition) is 4. The molecule has 2 aromatic carbocycles. The molecule has 0 radical (unpaired) electrons. The molecule has 0 bridgehead atoms. The summed E-state index contributed by atoms with van der Waals surface area (Å²) in [6.45, 7) is 10.4. The second-order valence-corrected chi connectivity index (χ2v) is 7.75. The van der Waals surface area contributed by atoms with E-state index in [4.69, 9.17) is 15.2 Å². The lowest BCUT2D eigenvalue weighted by atomic mass is 10.1. The van der Waals surface area contributed by atoms with Crippen LogP contribution in [0.15, 0.2) is 53.5 Å². The van der Waals surface area contributed by atoms with Gasteiger partial charge >= 0.3 is 0 Å². The topological polar surface area (TPSA) is 72.1 Å². The van der Waals surface area contributed by atoms with Crippen molar-refractivity contribution in [2.45, 2.75) is 46.1 Å². The van der Waals surface area contributed by atoms with Crippen LogP contribution in [0.25, 0.3) is 0 Å². The van der Waals surface area contributed by atoms with Gasteiger partial charge in [0.15, 0.2) is 5.96 Å². The molecular formula is C23H32N4O2. The molecule has 0 amide bonds. The molecule has 6 heteroatoms. The average molecular weight is 397 g/mol. The van der Waals surface area contributed by atoms with Crippen molar-refractivity contribution in [3.8, 4) is 5.75 Å². The minimum absolute atomic E-state index is 0.155. The molecule has 1 aliphatic heterocycles. The van der Waals surface area contributed by atoms with Crippen molar-refractivity contribution in [3.63, 3.8) is 0 Å². The molecule has 0 spiro atoms. The summed E-state index contributed by atoms with van der Waals surface area (Å²) >= 11 is 0. The monoisotopic (exact) mass is 396 g/mol. The third-order valence-corrected chi connectivity index (χ3v) is 4.65. The molecule has 29 heavy (non-hydrogen) atoms. The highest BCUT2D eigenvalue weighted by Gasteiger charge is 2.16. The second kappa shape index (κ2) is 10.3. The van der Waals surface area contributed by atoms with Gasteiger partial charge in [-0.25, -0.2) is 4.99 Å². The minimum atomic E-state index is 0.155. The van der Waals surface area contributed by atoms with E-state index < -0.39 is 0 Å². The Morgan fingerprint density at radius 3 is 2.72 bits per heavy atom. The van der Waals surface area contributed by atoms with Gasteiger partial charge in [-0.05, 0) is 56.2 Å². The van der Waals surface area contributed by atoms with E-state index in [-0.39, 0.29) is 6.10 Å². The summed E-state index contributed by atoms with van der Waals surface area (Å²) in [6, 6.07) is 16.2. The van der Waals surface area contributed by atoms with Gasteiger partial charge in [0, 0.05) is 25.3 Å². The minimum Gasteiger partial charge on any atom is -0.491 e. The summed E-state index contributed by atoms with van der Waals surface area (Å²) in [6.07, 6.45) is 0.455. The number of rotatable bonds is 7. The maximum absolute atomic E-state index is 6.06. The van der Waals surface area contributed by atoms with Crippen LogP contribution in [0.2, 0.25) is 0 Å². The predicted octanol–water partition coefficient (Wildman–Crippen LogP) is 3.62. The van der Waals surface area contributed by atoms with Crippen LogP contribution >= 0.6 is 0 Å². The molecule has 1 unspecified atom stereocenters. The van der Waals surface area contributed by atoms with Crippen LogP contribution in [-0.2, 0) is 17.8 Å². The molecule has 0 saturated carbocycles. The SMILES string of the molecule is CC(C)Oc1ccc(NC(N)=NCc2cccc(CN3CCOC(C)C3)c2)cc1. The first-order valence-corrected chi connectivity index (χ1v) is 10.2. The Balaban J connectivity index is 1.53. The Kier molecular flexibility index (Phi) is 7.49. The van der Waals surface area contributed by atoms with Crippen molar-refractivity contribution in [1.82, 2.24) is 4.90 Å². The number of nitrogens with zero attached hydrogens (tertiary/aromatic N) is 2. The number of aliphatic imine (C=N–C) groups is 1. The fraction of sp³-hybridized carbons (Fsp3) is 0.435. The van der Waals surface area contributed by atoms with Crippen LogP contribution in [0.1, 0.15) is 31.9 Å². The number of guanidine groups is 1. The number of nitrogens with one attached hydrogen (secondary N) is 1. The smallest absolute Gasteiger partial charge is 0.193 e. The van der Waals surface area contributed by atoms with Crippen LogP contribution < -0.4 is 15.8 Å². The van der Waals surface area contributed by atoms with Gasteiger partial charge in [0.25, 0.3) is 0 Å². The Morgan fingerprint density at radius 2 is 2.00 bits per heavy atom. The molecule has 0 aliphatic carbocycles. The molecule has 2 aromatic rings. The summed E-state index contributed by atoms with van der Waals surface area (Å²) in [4.78, 5) is 6.91. The molecule has 1 heterocycles. The van der Waals surface area contributed by atoms with E-state index in [0.717, 1.165) is 43.2 Å². The zero-order valence-electron chi connectivity index (χ0n) is 17.6. The molecule has 3 N–H and O–H groups in total. The summed E-state index contributed by atoms with van der Waals surface area (Å²) in [7, 11) is 0. The van der Waals surface area contributed by atoms with Crippen LogP contribution in [-0.4, -0.2) is 42.8 Å². The van der Waals surface area contributed by atoms with Gasteiger partial charge in [0.2, 0.25) is 0 Å². The van der Waals surface area contributed by atoms with Crippen molar-refractivity contribution in [2.75, 3.05) is 25.0 Å². The van der Waals surface area contributed by atoms with Gasteiger partial charge in [-0.15, -0.1) is 0 Å². The largest absolute Gasteiger partial charge is 0.491 e. The van der Waals surface area contributed by atoms with Crippen LogP contribution in [0.4, 0.5) is 5.69 Å². The number of ether oxygens (including phenoxy) is 2. The van der Waals surface area contributed by atoms with Crippen LogP contribution in [0.3, 0.4) is 0 Å². The first kappa shape index (κ1) is 21.1. The Morgan fingerprint density at radius 1 is 1.24 bits per heavy atom. The molecule has 0 aromatic heterocycles. The van der Waals surface area contributed by atoms with Gasteiger partial charge in [0.1, 0.15) is 5.75 Å². The average Bonchev–Trinajstić information content (AvgIpc) is 2.68. The molecule has 1 aliphatic rings. The van der Waals surface area contributed by atoms with E-state index in [1.54, 1.807) is 0 Å². The fourth-order valence-electron chi connectivity index (χ4n) is 3.37. The van der Waals surface area contributed by atoms with Gasteiger partial charge in [-0.1, -0.05) is 24.3 Å². The molecule has 1 atom stereocenters. The van der Waals surface area contributed by atoms with Gasteiger partial charge in [0.05, 0.1) is 25.4 Å². The van der Waals surface area contributed by atoms with Crippen LogP contribution in [0.5, 0.6) is 5.75 Å². The maximum atomic E-state index is 6.06. The van der Waals surface area contributed by atoms with Crippen LogP contribution in [0, 0.1) is 0 Å². The predicted molar refractivity (Wildman–Crippen MR) is 118 cm³/mol. The number of benzene rings is 2. The molecular weight excluding hydrogens is 364 g/mol. The first-order valence-electron chi connectivity index (χ1n) is 10.2. The van der Waals surface area contributed by atoms with E-state index in [0.29, 0.717) is 18.6 Å². The normalized spacial score (nSPS) is 18.1. The molecule has 3 rings (SSSR count). The summed E-state index contributed by atoms with van der Waals surface area (Å²) in [5, 5.41) is 3.13. The highest BCUT2D eigenvalue weighted by molar-refractivity contribution is 5.92. The van der Waals surface area contributed by atoms with E-state index in [1.165, 1.54) is 5.56 Å². The van der Waals surface area contributed by atoms with Gasteiger partial charge in [-0.2, -0.15) is 0 Å². The number of anilines is 1. The highest BCUT2D eigenvalue weighted by Crippen LogP contribution is 2.17. The van der Waals surface area contributed by atoms with Crippen molar-refractivity contribution in [3.05, 3.63) is 59.7 Å². The summed E-state index contributed by atoms with van der Waals surface area (Å²) in [5.41, 5.74) is 9.39.